The van der Waals surface area contributed by atoms with Crippen molar-refractivity contribution in [2.24, 2.45) is 0 Å². The number of amides is 1. The molecular formula is C11H13NO4S2. The number of carboxylic acids is 1. The molecule has 1 saturated heterocycles. The van der Waals surface area contributed by atoms with E-state index in [1.807, 2.05) is 0 Å². The molecule has 1 fully saturated rings. The van der Waals surface area contributed by atoms with Gasteiger partial charge in [0, 0.05) is 5.75 Å². The first-order valence-electron chi connectivity index (χ1n) is 5.34. The number of carboxylic acid groups (broad SMARTS) is 1. The van der Waals surface area contributed by atoms with E-state index in [1.54, 1.807) is 11.4 Å². The van der Waals surface area contributed by atoms with Crippen molar-refractivity contribution in [3.05, 3.63) is 16.3 Å². The quantitative estimate of drug-likeness (QED) is 0.876. The van der Waals surface area contributed by atoms with Crippen molar-refractivity contribution in [2.45, 2.75) is 12.0 Å². The first-order valence-corrected chi connectivity index (χ1v) is 7.37. The largest absolute Gasteiger partial charge is 0.495 e. The van der Waals surface area contributed by atoms with E-state index in [4.69, 9.17) is 4.74 Å². The minimum atomic E-state index is -1.14. The van der Waals surface area contributed by atoms with E-state index < -0.39 is 11.5 Å². The zero-order valence-corrected chi connectivity index (χ0v) is 11.4. The average molecular weight is 287 g/mol. The fourth-order valence-electron chi connectivity index (χ4n) is 1.78. The molecule has 0 aromatic carbocycles. The third-order valence-corrected chi connectivity index (χ3v) is 4.92. The smallest absolute Gasteiger partial charge is 0.330 e. The van der Waals surface area contributed by atoms with E-state index in [-0.39, 0.29) is 5.91 Å². The molecule has 0 saturated carbocycles. The topological polar surface area (TPSA) is 75.6 Å². The number of methoxy groups -OCH3 is 1. The molecule has 1 aromatic rings. The molecule has 0 aliphatic carbocycles. The minimum absolute atomic E-state index is 0.383. The highest BCUT2D eigenvalue weighted by Crippen LogP contribution is 2.30. The van der Waals surface area contributed by atoms with Crippen molar-refractivity contribution < 1.29 is 19.4 Å². The summed E-state index contributed by atoms with van der Waals surface area (Å²) in [6, 6.07) is 1.69. The van der Waals surface area contributed by atoms with Gasteiger partial charge in [-0.2, -0.15) is 11.8 Å². The van der Waals surface area contributed by atoms with Gasteiger partial charge in [0.2, 0.25) is 0 Å². The van der Waals surface area contributed by atoms with Crippen LogP contribution in [0.15, 0.2) is 11.4 Å². The highest BCUT2D eigenvalue weighted by Gasteiger charge is 2.43. The molecule has 1 aliphatic rings. The summed E-state index contributed by atoms with van der Waals surface area (Å²) in [5.74, 6) is 0.266. The Balaban J connectivity index is 2.18. The van der Waals surface area contributed by atoms with Crippen LogP contribution in [0.4, 0.5) is 0 Å². The zero-order valence-electron chi connectivity index (χ0n) is 9.76. The predicted octanol–water partition coefficient (Wildman–Crippen LogP) is 1.45. The molecular weight excluding hydrogens is 274 g/mol. The Hall–Kier alpha value is -1.21. The lowest BCUT2D eigenvalue weighted by Gasteiger charge is -2.24. The van der Waals surface area contributed by atoms with E-state index in [1.165, 1.54) is 30.2 Å². The Labute approximate surface area is 113 Å². The van der Waals surface area contributed by atoms with E-state index in [0.29, 0.717) is 22.8 Å². The van der Waals surface area contributed by atoms with Crippen LogP contribution in [0.2, 0.25) is 0 Å². The van der Waals surface area contributed by atoms with Gasteiger partial charge in [-0.1, -0.05) is 0 Å². The van der Waals surface area contributed by atoms with Gasteiger partial charge in [-0.05, 0) is 23.6 Å². The number of thioether (sulfide) groups is 1. The molecule has 2 heterocycles. The zero-order chi connectivity index (χ0) is 13.2. The number of hydrogen-bond donors (Lipinski definition) is 2. The summed E-state index contributed by atoms with van der Waals surface area (Å²) in [5.41, 5.74) is -1.14. The minimum Gasteiger partial charge on any atom is -0.495 e. The van der Waals surface area contributed by atoms with E-state index in [2.05, 4.69) is 5.32 Å². The van der Waals surface area contributed by atoms with Crippen molar-refractivity contribution in [3.63, 3.8) is 0 Å². The SMILES string of the molecule is COc1ccsc1C(=O)NC1(C(=O)O)CCSC1. The highest BCUT2D eigenvalue weighted by atomic mass is 32.2. The fourth-order valence-corrected chi connectivity index (χ4v) is 3.86. The lowest BCUT2D eigenvalue weighted by atomic mass is 9.99. The van der Waals surface area contributed by atoms with E-state index in [0.717, 1.165) is 5.75 Å². The van der Waals surface area contributed by atoms with Gasteiger partial charge in [0.05, 0.1) is 7.11 Å². The number of carbonyl (C=O) groups excluding carboxylic acids is 1. The monoisotopic (exact) mass is 287 g/mol. The van der Waals surface area contributed by atoms with Crippen molar-refractivity contribution in [3.8, 4) is 5.75 Å². The Kier molecular flexibility index (Phi) is 3.82. The lowest BCUT2D eigenvalue weighted by molar-refractivity contribution is -0.143. The molecule has 98 valence electrons. The van der Waals surface area contributed by atoms with Crippen molar-refractivity contribution in [1.82, 2.24) is 5.32 Å². The molecule has 0 bridgehead atoms. The van der Waals surface area contributed by atoms with Crippen LogP contribution in [0, 0.1) is 0 Å². The Bertz CT molecular complexity index is 465. The fraction of sp³-hybridized carbons (Fsp3) is 0.455. The van der Waals surface area contributed by atoms with Gasteiger partial charge >= 0.3 is 5.97 Å². The van der Waals surface area contributed by atoms with Crippen LogP contribution in [-0.4, -0.2) is 41.1 Å². The predicted molar refractivity (Wildman–Crippen MR) is 70.6 cm³/mol. The van der Waals surface area contributed by atoms with Crippen molar-refractivity contribution >= 4 is 35.0 Å². The molecule has 1 aliphatic heterocycles. The summed E-state index contributed by atoms with van der Waals surface area (Å²) in [5, 5.41) is 13.7. The second-order valence-electron chi connectivity index (χ2n) is 3.96. The summed E-state index contributed by atoms with van der Waals surface area (Å²) in [4.78, 5) is 23.8. The maximum atomic E-state index is 12.1. The molecule has 2 N–H and O–H groups in total. The first-order chi connectivity index (χ1) is 8.59. The Morgan fingerprint density at radius 2 is 2.33 bits per heavy atom. The molecule has 18 heavy (non-hydrogen) atoms. The number of hydrogen-bond acceptors (Lipinski definition) is 5. The molecule has 1 atom stereocenters. The molecule has 1 amide bonds. The van der Waals surface area contributed by atoms with E-state index >= 15 is 0 Å². The number of thiophene rings is 1. The van der Waals surface area contributed by atoms with Crippen LogP contribution >= 0.6 is 23.1 Å². The number of ether oxygens (including phenoxy) is 1. The summed E-state index contributed by atoms with van der Waals surface area (Å²) >= 11 is 2.77. The van der Waals surface area contributed by atoms with Crippen molar-refractivity contribution in [2.75, 3.05) is 18.6 Å². The summed E-state index contributed by atoms with van der Waals surface area (Å²) in [6.07, 6.45) is 0.451. The standard InChI is InChI=1S/C11H13NO4S2/c1-16-7-2-4-18-8(7)9(13)12-11(10(14)15)3-5-17-6-11/h2,4H,3,5-6H2,1H3,(H,12,13)(H,14,15). The van der Waals surface area contributed by atoms with Crippen molar-refractivity contribution in [1.29, 1.82) is 0 Å². The van der Waals surface area contributed by atoms with Gasteiger partial charge in [0.1, 0.15) is 16.2 Å². The third-order valence-electron chi connectivity index (χ3n) is 2.84. The number of aliphatic carboxylic acids is 1. The second-order valence-corrected chi connectivity index (χ2v) is 5.98. The maximum absolute atomic E-state index is 12.1. The van der Waals surface area contributed by atoms with Crippen LogP contribution in [0.3, 0.4) is 0 Å². The average Bonchev–Trinajstić information content (AvgIpc) is 2.97. The normalized spacial score (nSPS) is 22.7. The summed E-state index contributed by atoms with van der Waals surface area (Å²) in [7, 11) is 1.48. The van der Waals surface area contributed by atoms with Gasteiger partial charge in [-0.15, -0.1) is 11.3 Å². The summed E-state index contributed by atoms with van der Waals surface area (Å²) in [6.45, 7) is 0. The molecule has 7 heteroatoms. The molecule has 5 nitrogen and oxygen atoms in total. The van der Waals surface area contributed by atoms with Gasteiger partial charge in [0.15, 0.2) is 0 Å². The van der Waals surface area contributed by atoms with Crippen LogP contribution in [0.1, 0.15) is 16.1 Å². The first kappa shape index (κ1) is 13.2. The lowest BCUT2D eigenvalue weighted by Crippen LogP contribution is -2.54. The maximum Gasteiger partial charge on any atom is 0.330 e. The Morgan fingerprint density at radius 3 is 2.89 bits per heavy atom. The molecule has 0 spiro atoms. The Morgan fingerprint density at radius 1 is 1.56 bits per heavy atom. The van der Waals surface area contributed by atoms with Gasteiger partial charge in [-0.3, -0.25) is 4.79 Å². The molecule has 0 radical (unpaired) electrons. The number of nitrogens with one attached hydrogen (secondary N) is 1. The van der Waals surface area contributed by atoms with Crippen LogP contribution in [0.5, 0.6) is 5.75 Å². The highest BCUT2D eigenvalue weighted by molar-refractivity contribution is 7.99. The van der Waals surface area contributed by atoms with Crippen LogP contribution in [0.25, 0.3) is 0 Å². The molecule has 1 unspecified atom stereocenters. The van der Waals surface area contributed by atoms with Gasteiger partial charge < -0.3 is 15.2 Å². The van der Waals surface area contributed by atoms with Gasteiger partial charge in [0.25, 0.3) is 5.91 Å². The molecule has 2 rings (SSSR count). The van der Waals surface area contributed by atoms with Gasteiger partial charge in [-0.25, -0.2) is 4.79 Å². The number of carbonyl (C=O) groups is 2. The van der Waals surface area contributed by atoms with E-state index in [9.17, 15) is 14.7 Å². The molecule has 1 aromatic heterocycles. The second kappa shape index (κ2) is 5.19. The number of rotatable bonds is 4. The van der Waals surface area contributed by atoms with Crippen LogP contribution < -0.4 is 10.1 Å². The summed E-state index contributed by atoms with van der Waals surface area (Å²) < 4.78 is 5.06. The van der Waals surface area contributed by atoms with Crippen LogP contribution in [-0.2, 0) is 4.79 Å². The third kappa shape index (κ3) is 2.32.